The normalized spacial score (nSPS) is 28.4. The monoisotopic (exact) mass is 198 g/mol. The third-order valence-corrected chi connectivity index (χ3v) is 2.98. The van der Waals surface area contributed by atoms with Crippen LogP contribution in [0, 0.1) is 5.92 Å². The first-order chi connectivity index (χ1) is 6.86. The summed E-state index contributed by atoms with van der Waals surface area (Å²) in [4.78, 5) is 16.5. The molecule has 4 nitrogen and oxygen atoms in total. The molecule has 0 bridgehead atoms. The van der Waals surface area contributed by atoms with Crippen LogP contribution < -0.4 is 5.32 Å². The van der Waals surface area contributed by atoms with Gasteiger partial charge in [0.2, 0.25) is 5.91 Å². The highest BCUT2D eigenvalue weighted by atomic mass is 16.7. The highest BCUT2D eigenvalue weighted by Crippen LogP contribution is 2.16. The van der Waals surface area contributed by atoms with Crippen molar-refractivity contribution < 1.29 is 9.63 Å². The zero-order valence-corrected chi connectivity index (χ0v) is 8.50. The minimum absolute atomic E-state index is 0.147. The first-order valence-corrected chi connectivity index (χ1v) is 5.50. The zero-order chi connectivity index (χ0) is 9.80. The van der Waals surface area contributed by atoms with Crippen LogP contribution in [0.1, 0.15) is 25.7 Å². The molecule has 4 heteroatoms. The predicted octanol–water partition coefficient (Wildman–Crippen LogP) is 0.540. The topological polar surface area (TPSA) is 41.6 Å². The lowest BCUT2D eigenvalue weighted by molar-refractivity contribution is -0.162. The predicted molar refractivity (Wildman–Crippen MR) is 52.5 cm³/mol. The summed E-state index contributed by atoms with van der Waals surface area (Å²) in [5, 5.41) is 4.91. The second kappa shape index (κ2) is 4.75. The van der Waals surface area contributed by atoms with E-state index >= 15 is 0 Å². The lowest BCUT2D eigenvalue weighted by Crippen LogP contribution is -2.33. The van der Waals surface area contributed by atoms with Crippen LogP contribution in [0.2, 0.25) is 0 Å². The summed E-state index contributed by atoms with van der Waals surface area (Å²) in [5.74, 6) is 0.870. The van der Waals surface area contributed by atoms with Crippen molar-refractivity contribution in [3.05, 3.63) is 0 Å². The van der Waals surface area contributed by atoms with Crippen molar-refractivity contribution in [2.45, 2.75) is 25.7 Å². The zero-order valence-electron chi connectivity index (χ0n) is 8.50. The summed E-state index contributed by atoms with van der Waals surface area (Å²) in [7, 11) is 0. The van der Waals surface area contributed by atoms with Crippen LogP contribution in [-0.2, 0) is 9.63 Å². The van der Waals surface area contributed by atoms with Crippen LogP contribution in [0.4, 0.5) is 0 Å². The fraction of sp³-hybridized carbons (Fsp3) is 0.900. The Morgan fingerprint density at radius 2 is 2.50 bits per heavy atom. The Balaban J connectivity index is 1.68. The van der Waals surface area contributed by atoms with E-state index in [-0.39, 0.29) is 5.91 Å². The highest BCUT2D eigenvalue weighted by molar-refractivity contribution is 5.76. The number of nitrogens with one attached hydrogen (secondary N) is 1. The number of piperidine rings is 1. The molecule has 2 aliphatic rings. The molecule has 1 amide bonds. The van der Waals surface area contributed by atoms with Gasteiger partial charge >= 0.3 is 0 Å². The van der Waals surface area contributed by atoms with Gasteiger partial charge in [0.25, 0.3) is 0 Å². The molecule has 0 aromatic rings. The molecule has 0 aromatic heterocycles. The number of hydrogen-bond donors (Lipinski definition) is 1. The van der Waals surface area contributed by atoms with Crippen LogP contribution in [0.15, 0.2) is 0 Å². The maximum Gasteiger partial charge on any atom is 0.248 e. The first kappa shape index (κ1) is 9.93. The SMILES string of the molecule is O=C1CCON1CCC1CCCNC1. The molecule has 1 atom stereocenters. The van der Waals surface area contributed by atoms with Crippen molar-refractivity contribution in [2.24, 2.45) is 5.92 Å². The van der Waals surface area contributed by atoms with Crippen molar-refractivity contribution in [3.63, 3.8) is 0 Å². The average molecular weight is 198 g/mol. The van der Waals surface area contributed by atoms with Crippen LogP contribution in [-0.4, -0.2) is 37.2 Å². The quantitative estimate of drug-likeness (QED) is 0.719. The minimum Gasteiger partial charge on any atom is -0.316 e. The summed E-state index contributed by atoms with van der Waals surface area (Å²) in [6.45, 7) is 3.59. The van der Waals surface area contributed by atoms with E-state index in [4.69, 9.17) is 4.84 Å². The Morgan fingerprint density at radius 3 is 3.14 bits per heavy atom. The molecular weight excluding hydrogens is 180 g/mol. The van der Waals surface area contributed by atoms with Gasteiger partial charge in [0.1, 0.15) is 0 Å². The van der Waals surface area contributed by atoms with Gasteiger partial charge < -0.3 is 5.32 Å². The Morgan fingerprint density at radius 1 is 1.57 bits per heavy atom. The summed E-state index contributed by atoms with van der Waals surface area (Å²) in [5.41, 5.74) is 0. The van der Waals surface area contributed by atoms with Gasteiger partial charge in [-0.2, -0.15) is 0 Å². The molecule has 80 valence electrons. The number of hydroxylamine groups is 2. The number of nitrogens with zero attached hydrogens (tertiary/aromatic N) is 1. The lowest BCUT2D eigenvalue weighted by Gasteiger charge is -2.24. The molecule has 1 unspecified atom stereocenters. The molecule has 14 heavy (non-hydrogen) atoms. The van der Waals surface area contributed by atoms with E-state index in [0.29, 0.717) is 13.0 Å². The molecule has 1 N–H and O–H groups in total. The summed E-state index contributed by atoms with van der Waals surface area (Å²) >= 11 is 0. The van der Waals surface area contributed by atoms with E-state index in [9.17, 15) is 4.79 Å². The highest BCUT2D eigenvalue weighted by Gasteiger charge is 2.22. The molecule has 2 fully saturated rings. The molecule has 0 spiro atoms. The van der Waals surface area contributed by atoms with E-state index in [0.717, 1.165) is 32.0 Å². The van der Waals surface area contributed by atoms with E-state index in [1.54, 1.807) is 0 Å². The summed E-state index contributed by atoms with van der Waals surface area (Å²) < 4.78 is 0. The molecule has 2 heterocycles. The van der Waals surface area contributed by atoms with Crippen molar-refractivity contribution in [1.82, 2.24) is 10.4 Å². The number of carbonyl (C=O) groups is 1. The fourth-order valence-corrected chi connectivity index (χ4v) is 2.10. The van der Waals surface area contributed by atoms with Crippen LogP contribution in [0.5, 0.6) is 0 Å². The minimum atomic E-state index is 0.147. The van der Waals surface area contributed by atoms with Gasteiger partial charge in [0.15, 0.2) is 0 Å². The third-order valence-electron chi connectivity index (χ3n) is 2.98. The third kappa shape index (κ3) is 2.45. The van der Waals surface area contributed by atoms with Crippen molar-refractivity contribution >= 4 is 5.91 Å². The van der Waals surface area contributed by atoms with Gasteiger partial charge in [-0.1, -0.05) is 0 Å². The second-order valence-corrected chi connectivity index (χ2v) is 4.08. The number of carbonyl (C=O) groups excluding carboxylic acids is 1. The Labute approximate surface area is 84.6 Å². The molecule has 0 aromatic carbocycles. The van der Waals surface area contributed by atoms with Crippen molar-refractivity contribution in [3.8, 4) is 0 Å². The molecule has 2 saturated heterocycles. The van der Waals surface area contributed by atoms with Crippen molar-refractivity contribution in [2.75, 3.05) is 26.2 Å². The Bertz CT molecular complexity index is 202. The lowest BCUT2D eigenvalue weighted by atomic mass is 9.96. The molecule has 2 aliphatic heterocycles. The van der Waals surface area contributed by atoms with E-state index in [1.165, 1.54) is 17.9 Å². The second-order valence-electron chi connectivity index (χ2n) is 4.08. The van der Waals surface area contributed by atoms with Gasteiger partial charge in [-0.3, -0.25) is 9.63 Å². The summed E-state index contributed by atoms with van der Waals surface area (Å²) in [6.07, 6.45) is 4.18. The van der Waals surface area contributed by atoms with Gasteiger partial charge in [0, 0.05) is 6.54 Å². The number of amides is 1. The molecule has 0 aliphatic carbocycles. The molecule has 0 saturated carbocycles. The van der Waals surface area contributed by atoms with Crippen molar-refractivity contribution in [1.29, 1.82) is 0 Å². The maximum absolute atomic E-state index is 11.2. The summed E-state index contributed by atoms with van der Waals surface area (Å²) in [6, 6.07) is 0. The number of rotatable bonds is 3. The Hall–Kier alpha value is -0.610. The van der Waals surface area contributed by atoms with E-state index in [2.05, 4.69) is 5.32 Å². The van der Waals surface area contributed by atoms with Gasteiger partial charge in [-0.15, -0.1) is 0 Å². The standard InChI is InChI=1S/C10H18N2O2/c13-10-4-7-14-12(10)6-3-9-2-1-5-11-8-9/h9,11H,1-8H2. The van der Waals surface area contributed by atoms with Gasteiger partial charge in [-0.25, -0.2) is 5.06 Å². The van der Waals surface area contributed by atoms with Crippen LogP contribution >= 0.6 is 0 Å². The van der Waals surface area contributed by atoms with E-state index < -0.39 is 0 Å². The van der Waals surface area contributed by atoms with Crippen LogP contribution in [0.25, 0.3) is 0 Å². The first-order valence-electron chi connectivity index (χ1n) is 5.50. The smallest absolute Gasteiger partial charge is 0.248 e. The maximum atomic E-state index is 11.2. The largest absolute Gasteiger partial charge is 0.316 e. The van der Waals surface area contributed by atoms with E-state index in [1.807, 2.05) is 0 Å². The van der Waals surface area contributed by atoms with Gasteiger partial charge in [0.05, 0.1) is 13.0 Å². The van der Waals surface area contributed by atoms with Crippen LogP contribution in [0.3, 0.4) is 0 Å². The van der Waals surface area contributed by atoms with Gasteiger partial charge in [-0.05, 0) is 38.3 Å². The average Bonchev–Trinajstić information content (AvgIpc) is 2.63. The molecule has 0 radical (unpaired) electrons. The number of hydrogen-bond acceptors (Lipinski definition) is 3. The molecular formula is C10H18N2O2. The fourth-order valence-electron chi connectivity index (χ4n) is 2.10. The Kier molecular flexibility index (Phi) is 3.37. The molecule has 2 rings (SSSR count).